The second kappa shape index (κ2) is 8.46. The standard InChI is InChI=1S/C18H22FN3O4/c1-11(2)25-17(23)21-22(18(24)26-12(3)4)10-14-9-15(19)8-13-6-5-7-20-16(13)14/h5-9,11-12H,10H2,1-4H3,(H,21,23). The number of nitrogens with zero attached hydrogens (tertiary/aromatic N) is 2. The number of halogens is 1. The smallest absolute Gasteiger partial charge is 0.429 e. The number of amides is 2. The number of hydrogen-bond donors (Lipinski definition) is 1. The van der Waals surface area contributed by atoms with E-state index in [-0.39, 0.29) is 12.6 Å². The van der Waals surface area contributed by atoms with Gasteiger partial charge < -0.3 is 9.47 Å². The number of rotatable bonds is 4. The number of nitrogens with one attached hydrogen (secondary N) is 1. The molecule has 0 aliphatic heterocycles. The Kier molecular flexibility index (Phi) is 6.32. The molecule has 1 heterocycles. The zero-order valence-corrected chi connectivity index (χ0v) is 15.2. The number of ether oxygens (including phenoxy) is 2. The molecule has 26 heavy (non-hydrogen) atoms. The Hall–Kier alpha value is -2.90. The lowest BCUT2D eigenvalue weighted by Gasteiger charge is -2.24. The van der Waals surface area contributed by atoms with Crippen LogP contribution in [0.2, 0.25) is 0 Å². The van der Waals surface area contributed by atoms with Crippen LogP contribution in [0, 0.1) is 5.82 Å². The average Bonchev–Trinajstić information content (AvgIpc) is 2.52. The number of benzene rings is 1. The molecule has 2 aromatic rings. The van der Waals surface area contributed by atoms with Gasteiger partial charge in [0.05, 0.1) is 24.3 Å². The van der Waals surface area contributed by atoms with Gasteiger partial charge in [-0.05, 0) is 45.9 Å². The lowest BCUT2D eigenvalue weighted by molar-refractivity contribution is 0.0445. The topological polar surface area (TPSA) is 80.8 Å². The molecule has 0 fully saturated rings. The summed E-state index contributed by atoms with van der Waals surface area (Å²) in [5.74, 6) is -0.470. The van der Waals surface area contributed by atoms with E-state index in [0.717, 1.165) is 5.01 Å². The number of hydrazine groups is 1. The van der Waals surface area contributed by atoms with Crippen LogP contribution in [-0.4, -0.2) is 34.4 Å². The Bertz CT molecular complexity index is 795. The molecule has 0 bridgehead atoms. The van der Waals surface area contributed by atoms with Gasteiger partial charge in [0.15, 0.2) is 0 Å². The molecule has 1 N–H and O–H groups in total. The highest BCUT2D eigenvalue weighted by atomic mass is 19.1. The molecule has 0 spiro atoms. The molecule has 8 heteroatoms. The summed E-state index contributed by atoms with van der Waals surface area (Å²) in [6, 6.07) is 6.02. The number of hydrogen-bond acceptors (Lipinski definition) is 5. The molecule has 140 valence electrons. The molecule has 2 amide bonds. The van der Waals surface area contributed by atoms with E-state index in [1.165, 1.54) is 12.1 Å². The fourth-order valence-corrected chi connectivity index (χ4v) is 2.28. The van der Waals surface area contributed by atoms with Crippen LogP contribution in [0.15, 0.2) is 30.5 Å². The maximum atomic E-state index is 13.9. The largest absolute Gasteiger partial charge is 0.446 e. The zero-order valence-electron chi connectivity index (χ0n) is 15.2. The van der Waals surface area contributed by atoms with Gasteiger partial charge in [-0.15, -0.1) is 0 Å². The lowest BCUT2D eigenvalue weighted by atomic mass is 10.1. The first kappa shape index (κ1) is 19.4. The summed E-state index contributed by atoms with van der Waals surface area (Å²) in [5.41, 5.74) is 3.28. The van der Waals surface area contributed by atoms with Crippen LogP contribution in [0.3, 0.4) is 0 Å². The third-order valence-electron chi connectivity index (χ3n) is 3.20. The molecule has 1 aromatic carbocycles. The van der Waals surface area contributed by atoms with Crippen LogP contribution in [0.5, 0.6) is 0 Å². The Balaban J connectivity index is 2.31. The summed E-state index contributed by atoms with van der Waals surface area (Å²) in [6.45, 7) is 6.59. The number of carbonyl (C=O) groups is 2. The first-order chi connectivity index (χ1) is 12.3. The number of aromatic nitrogens is 1. The number of pyridine rings is 1. The van der Waals surface area contributed by atoms with Crippen molar-refractivity contribution in [3.8, 4) is 0 Å². The molecule has 2 rings (SSSR count). The minimum absolute atomic E-state index is 0.135. The third-order valence-corrected chi connectivity index (χ3v) is 3.20. The van der Waals surface area contributed by atoms with E-state index in [1.54, 1.807) is 46.0 Å². The van der Waals surface area contributed by atoms with Crippen molar-refractivity contribution in [1.29, 1.82) is 0 Å². The predicted molar refractivity (Wildman–Crippen MR) is 93.6 cm³/mol. The molecular formula is C18H22FN3O4. The molecule has 0 atom stereocenters. The second-order valence-corrected chi connectivity index (χ2v) is 6.22. The van der Waals surface area contributed by atoms with Crippen LogP contribution in [-0.2, 0) is 16.0 Å². The van der Waals surface area contributed by atoms with Gasteiger partial charge in [0.2, 0.25) is 0 Å². The minimum atomic E-state index is -0.811. The van der Waals surface area contributed by atoms with Crippen molar-refractivity contribution in [2.45, 2.75) is 46.4 Å². The van der Waals surface area contributed by atoms with Crippen LogP contribution >= 0.6 is 0 Å². The summed E-state index contributed by atoms with van der Waals surface area (Å²) >= 11 is 0. The van der Waals surface area contributed by atoms with Gasteiger partial charge in [-0.1, -0.05) is 6.07 Å². The van der Waals surface area contributed by atoms with Crippen molar-refractivity contribution in [3.63, 3.8) is 0 Å². The Morgan fingerprint density at radius 1 is 1.19 bits per heavy atom. The average molecular weight is 363 g/mol. The maximum absolute atomic E-state index is 13.9. The zero-order chi connectivity index (χ0) is 19.3. The van der Waals surface area contributed by atoms with E-state index >= 15 is 0 Å². The van der Waals surface area contributed by atoms with Gasteiger partial charge in [-0.3, -0.25) is 4.98 Å². The van der Waals surface area contributed by atoms with E-state index in [0.29, 0.717) is 16.5 Å². The fourth-order valence-electron chi connectivity index (χ4n) is 2.28. The van der Waals surface area contributed by atoms with Gasteiger partial charge in [0, 0.05) is 17.1 Å². The van der Waals surface area contributed by atoms with E-state index < -0.39 is 24.1 Å². The maximum Gasteiger partial charge on any atom is 0.429 e. The molecule has 0 aliphatic rings. The van der Waals surface area contributed by atoms with Crippen LogP contribution in [0.1, 0.15) is 33.3 Å². The van der Waals surface area contributed by atoms with E-state index in [2.05, 4.69) is 10.4 Å². The van der Waals surface area contributed by atoms with Gasteiger partial charge in [-0.25, -0.2) is 24.4 Å². The van der Waals surface area contributed by atoms with Gasteiger partial charge in [-0.2, -0.15) is 0 Å². The third kappa shape index (κ3) is 5.30. The van der Waals surface area contributed by atoms with Gasteiger partial charge >= 0.3 is 12.2 Å². The summed E-state index contributed by atoms with van der Waals surface area (Å²) in [7, 11) is 0. The van der Waals surface area contributed by atoms with Gasteiger partial charge in [0.25, 0.3) is 0 Å². The van der Waals surface area contributed by atoms with Crippen molar-refractivity contribution >= 4 is 23.1 Å². The fraction of sp³-hybridized carbons (Fsp3) is 0.389. The molecule has 0 aliphatic carbocycles. The highest BCUT2D eigenvalue weighted by molar-refractivity contribution is 5.82. The van der Waals surface area contributed by atoms with Crippen LogP contribution < -0.4 is 5.43 Å². The van der Waals surface area contributed by atoms with Crippen molar-refractivity contribution < 1.29 is 23.5 Å². The second-order valence-electron chi connectivity index (χ2n) is 6.22. The SMILES string of the molecule is CC(C)OC(=O)NN(Cc1cc(F)cc2cccnc12)C(=O)OC(C)C. The monoisotopic (exact) mass is 363 g/mol. The molecule has 0 saturated heterocycles. The molecule has 1 aromatic heterocycles. The molecule has 7 nitrogen and oxygen atoms in total. The number of fused-ring (bicyclic) bond motifs is 1. The Morgan fingerprint density at radius 2 is 1.88 bits per heavy atom. The van der Waals surface area contributed by atoms with Gasteiger partial charge in [0.1, 0.15) is 5.82 Å². The predicted octanol–water partition coefficient (Wildman–Crippen LogP) is 3.77. The molecule has 0 radical (unpaired) electrons. The summed E-state index contributed by atoms with van der Waals surface area (Å²) in [5, 5.41) is 1.53. The van der Waals surface area contributed by atoms with Crippen LogP contribution in [0.4, 0.5) is 14.0 Å². The van der Waals surface area contributed by atoms with Crippen molar-refractivity contribution in [2.75, 3.05) is 0 Å². The minimum Gasteiger partial charge on any atom is -0.446 e. The summed E-state index contributed by atoms with van der Waals surface area (Å²) in [6.07, 6.45) is -0.783. The first-order valence-electron chi connectivity index (χ1n) is 8.25. The molecular weight excluding hydrogens is 341 g/mol. The highest BCUT2D eigenvalue weighted by Crippen LogP contribution is 2.20. The lowest BCUT2D eigenvalue weighted by Crippen LogP contribution is -2.47. The molecule has 0 saturated carbocycles. The normalized spacial score (nSPS) is 10.9. The van der Waals surface area contributed by atoms with E-state index in [4.69, 9.17) is 9.47 Å². The number of carbonyl (C=O) groups excluding carboxylic acids is 2. The summed E-state index contributed by atoms with van der Waals surface area (Å²) in [4.78, 5) is 28.5. The van der Waals surface area contributed by atoms with Crippen molar-refractivity contribution in [1.82, 2.24) is 15.4 Å². The van der Waals surface area contributed by atoms with Crippen LogP contribution in [0.25, 0.3) is 10.9 Å². The molecule has 0 unspecified atom stereocenters. The quantitative estimate of drug-likeness (QED) is 0.837. The Labute approximate surface area is 151 Å². The Morgan fingerprint density at radius 3 is 2.54 bits per heavy atom. The van der Waals surface area contributed by atoms with E-state index in [9.17, 15) is 14.0 Å². The highest BCUT2D eigenvalue weighted by Gasteiger charge is 2.22. The van der Waals surface area contributed by atoms with E-state index in [1.807, 2.05) is 0 Å². The van der Waals surface area contributed by atoms with Crippen molar-refractivity contribution in [3.05, 3.63) is 41.8 Å². The van der Waals surface area contributed by atoms with Crippen molar-refractivity contribution in [2.24, 2.45) is 0 Å². The first-order valence-corrected chi connectivity index (χ1v) is 8.25. The summed E-state index contributed by atoms with van der Waals surface area (Å²) < 4.78 is 24.0.